The Morgan fingerprint density at radius 3 is 3.00 bits per heavy atom. The van der Waals surface area contributed by atoms with Crippen LogP contribution in [0.2, 0.25) is 0 Å². The minimum absolute atomic E-state index is 0.146. The Balaban J connectivity index is 1.37. The van der Waals surface area contributed by atoms with E-state index in [4.69, 9.17) is 15.0 Å². The number of likely N-dealkylation sites (tertiary alicyclic amines) is 1. The van der Waals surface area contributed by atoms with E-state index in [1.54, 1.807) is 5.38 Å². The molecule has 0 aromatic carbocycles. The van der Waals surface area contributed by atoms with Gasteiger partial charge >= 0.3 is 0 Å². The fourth-order valence-electron chi connectivity index (χ4n) is 3.94. The van der Waals surface area contributed by atoms with Gasteiger partial charge in [0.25, 0.3) is 5.91 Å². The monoisotopic (exact) mass is 426 g/mol. The highest BCUT2D eigenvalue weighted by Crippen LogP contribution is 2.27. The van der Waals surface area contributed by atoms with Crippen molar-refractivity contribution in [3.8, 4) is 6.07 Å². The number of piperidine rings is 1. The number of pyridine rings is 1. The second-order valence-corrected chi connectivity index (χ2v) is 8.56. The molecule has 2 aliphatic rings. The van der Waals surface area contributed by atoms with Crippen molar-refractivity contribution in [2.24, 2.45) is 0 Å². The second kappa shape index (κ2) is 9.98. The van der Waals surface area contributed by atoms with Crippen molar-refractivity contribution in [2.45, 2.75) is 37.6 Å². The van der Waals surface area contributed by atoms with Crippen molar-refractivity contribution in [1.82, 2.24) is 20.2 Å². The molecule has 2 aromatic heterocycles. The summed E-state index contributed by atoms with van der Waals surface area (Å²) in [5, 5.41) is 17.6. The fraction of sp³-hybridized carbons (Fsp3) is 0.524. The molecule has 1 amide bonds. The van der Waals surface area contributed by atoms with Gasteiger partial charge in [0.1, 0.15) is 11.5 Å². The van der Waals surface area contributed by atoms with Crippen LogP contribution in [0, 0.1) is 11.3 Å². The Kier molecular flexibility index (Phi) is 6.89. The van der Waals surface area contributed by atoms with Crippen molar-refractivity contribution in [3.63, 3.8) is 0 Å². The van der Waals surface area contributed by atoms with Gasteiger partial charge in [0.15, 0.2) is 5.13 Å². The van der Waals surface area contributed by atoms with E-state index >= 15 is 0 Å². The number of amides is 1. The number of rotatable bonds is 6. The minimum atomic E-state index is -0.146. The maximum atomic E-state index is 12.4. The Bertz CT molecular complexity index is 905. The third-order valence-electron chi connectivity index (χ3n) is 5.52. The minimum Gasteiger partial charge on any atom is -0.381 e. The number of nitrogens with one attached hydrogen (secondary N) is 2. The van der Waals surface area contributed by atoms with E-state index in [1.807, 2.05) is 18.2 Å². The number of nitriles is 1. The second-order valence-electron chi connectivity index (χ2n) is 7.70. The van der Waals surface area contributed by atoms with Gasteiger partial charge in [-0.1, -0.05) is 6.07 Å². The lowest BCUT2D eigenvalue weighted by Gasteiger charge is -2.30. The van der Waals surface area contributed by atoms with Gasteiger partial charge in [-0.25, -0.2) is 9.97 Å². The largest absolute Gasteiger partial charge is 0.381 e. The van der Waals surface area contributed by atoms with Gasteiger partial charge in [-0.05, 0) is 44.4 Å². The summed E-state index contributed by atoms with van der Waals surface area (Å²) in [5.41, 5.74) is 1.45. The fourth-order valence-corrected chi connectivity index (χ4v) is 4.63. The van der Waals surface area contributed by atoms with E-state index in [0.29, 0.717) is 36.5 Å². The van der Waals surface area contributed by atoms with Gasteiger partial charge < -0.3 is 15.4 Å². The number of thiazole rings is 1. The van der Waals surface area contributed by atoms with Crippen LogP contribution in [0.5, 0.6) is 0 Å². The number of aromatic nitrogens is 2. The Labute approximate surface area is 180 Å². The third kappa shape index (κ3) is 5.33. The molecule has 30 heavy (non-hydrogen) atoms. The van der Waals surface area contributed by atoms with Crippen LogP contribution < -0.4 is 10.6 Å². The highest BCUT2D eigenvalue weighted by atomic mass is 32.1. The Hall–Kier alpha value is -2.54. The summed E-state index contributed by atoms with van der Waals surface area (Å²) in [6, 6.07) is 8.32. The van der Waals surface area contributed by atoms with E-state index in [2.05, 4.69) is 26.6 Å². The molecule has 158 valence electrons. The van der Waals surface area contributed by atoms with E-state index < -0.39 is 0 Å². The summed E-state index contributed by atoms with van der Waals surface area (Å²) in [4.78, 5) is 23.8. The number of hydrogen-bond acceptors (Lipinski definition) is 8. The lowest BCUT2D eigenvalue weighted by atomic mass is 9.94. The number of nitrogens with zero attached hydrogens (tertiary/aromatic N) is 4. The maximum absolute atomic E-state index is 12.4. The van der Waals surface area contributed by atoms with Crippen LogP contribution in [-0.4, -0.2) is 59.7 Å². The van der Waals surface area contributed by atoms with Crippen LogP contribution in [0.1, 0.15) is 47.8 Å². The number of carbonyl (C=O) groups excluding carboxylic acids is 1. The van der Waals surface area contributed by atoms with E-state index in [9.17, 15) is 4.79 Å². The molecular weight excluding hydrogens is 400 g/mol. The number of hydrogen-bond donors (Lipinski definition) is 2. The zero-order valence-electron chi connectivity index (χ0n) is 16.8. The van der Waals surface area contributed by atoms with Crippen molar-refractivity contribution in [1.29, 1.82) is 5.26 Å². The summed E-state index contributed by atoms with van der Waals surface area (Å²) in [7, 11) is 0. The molecule has 0 saturated carbocycles. The van der Waals surface area contributed by atoms with Gasteiger partial charge in [-0.15, -0.1) is 11.3 Å². The smallest absolute Gasteiger partial charge is 0.271 e. The number of anilines is 2. The van der Waals surface area contributed by atoms with Gasteiger partial charge in [-0.3, -0.25) is 9.69 Å². The number of carbonyl (C=O) groups is 1. The van der Waals surface area contributed by atoms with E-state index in [1.165, 1.54) is 11.3 Å². The van der Waals surface area contributed by atoms with Crippen LogP contribution >= 0.6 is 11.3 Å². The van der Waals surface area contributed by atoms with Crippen molar-refractivity contribution in [3.05, 3.63) is 35.0 Å². The zero-order chi connectivity index (χ0) is 20.8. The van der Waals surface area contributed by atoms with E-state index in [-0.39, 0.29) is 11.9 Å². The highest BCUT2D eigenvalue weighted by molar-refractivity contribution is 7.14. The van der Waals surface area contributed by atoms with Gasteiger partial charge in [0, 0.05) is 42.8 Å². The highest BCUT2D eigenvalue weighted by Gasteiger charge is 2.23. The SMILES string of the molecule is N#CCN1CCC[C@H](c2cccc(Nc3nc(C(=O)NC4CCOCC4)cs3)n2)C1. The predicted octanol–water partition coefficient (Wildman–Crippen LogP) is 2.89. The molecule has 2 aliphatic heterocycles. The van der Waals surface area contributed by atoms with E-state index in [0.717, 1.165) is 50.3 Å². The standard InChI is InChI=1S/C21H26N6O2S/c22-8-10-27-9-2-3-15(13-27)17-4-1-5-19(24-17)26-21-25-18(14-30-21)20(28)23-16-6-11-29-12-7-16/h1,4-5,14-16H,2-3,6-7,9-13H2,(H,23,28)(H,24,25,26)/t15-/m0/s1. The molecule has 0 bridgehead atoms. The molecule has 2 N–H and O–H groups in total. The average Bonchev–Trinajstić information content (AvgIpc) is 3.24. The first-order chi connectivity index (χ1) is 14.7. The number of ether oxygens (including phenoxy) is 1. The van der Waals surface area contributed by atoms with Crippen molar-refractivity contribution in [2.75, 3.05) is 38.2 Å². The Morgan fingerprint density at radius 1 is 1.30 bits per heavy atom. The summed E-state index contributed by atoms with van der Waals surface area (Å²) < 4.78 is 5.33. The van der Waals surface area contributed by atoms with Crippen LogP contribution in [0.25, 0.3) is 0 Å². The molecule has 0 spiro atoms. The molecule has 2 fully saturated rings. The molecule has 2 aromatic rings. The third-order valence-corrected chi connectivity index (χ3v) is 6.27. The Morgan fingerprint density at radius 2 is 2.17 bits per heavy atom. The lowest BCUT2D eigenvalue weighted by molar-refractivity contribution is 0.0694. The van der Waals surface area contributed by atoms with Crippen LogP contribution in [0.15, 0.2) is 23.6 Å². The molecule has 8 nitrogen and oxygen atoms in total. The molecule has 9 heteroatoms. The van der Waals surface area contributed by atoms with Gasteiger partial charge in [0.2, 0.25) is 0 Å². The molecule has 4 rings (SSSR count). The summed E-state index contributed by atoms with van der Waals surface area (Å²) in [6.45, 7) is 3.67. The molecule has 0 unspecified atom stereocenters. The van der Waals surface area contributed by atoms with Crippen LogP contribution in [0.3, 0.4) is 0 Å². The lowest BCUT2D eigenvalue weighted by Crippen LogP contribution is -2.39. The van der Waals surface area contributed by atoms with Crippen molar-refractivity contribution < 1.29 is 9.53 Å². The maximum Gasteiger partial charge on any atom is 0.271 e. The molecule has 0 radical (unpaired) electrons. The average molecular weight is 427 g/mol. The molecule has 4 heterocycles. The topological polar surface area (TPSA) is 103 Å². The van der Waals surface area contributed by atoms with Crippen molar-refractivity contribution >= 4 is 28.2 Å². The normalized spacial score (nSPS) is 20.4. The zero-order valence-corrected chi connectivity index (χ0v) is 17.7. The quantitative estimate of drug-likeness (QED) is 0.685. The van der Waals surface area contributed by atoms with Crippen LogP contribution in [0.4, 0.5) is 10.9 Å². The summed E-state index contributed by atoms with van der Waals surface area (Å²) in [5.74, 6) is 0.898. The van der Waals surface area contributed by atoms with Gasteiger partial charge in [0.05, 0.1) is 12.6 Å². The predicted molar refractivity (Wildman–Crippen MR) is 115 cm³/mol. The van der Waals surface area contributed by atoms with Crippen LogP contribution in [-0.2, 0) is 4.74 Å². The first-order valence-corrected chi connectivity index (χ1v) is 11.3. The summed E-state index contributed by atoms with van der Waals surface area (Å²) in [6.07, 6.45) is 3.82. The summed E-state index contributed by atoms with van der Waals surface area (Å²) >= 11 is 1.39. The molecule has 2 saturated heterocycles. The molecule has 0 aliphatic carbocycles. The molecular formula is C21H26N6O2S. The van der Waals surface area contributed by atoms with Gasteiger partial charge in [-0.2, -0.15) is 5.26 Å². The molecule has 1 atom stereocenters. The first-order valence-electron chi connectivity index (χ1n) is 10.4. The first kappa shape index (κ1) is 20.7.